The quantitative estimate of drug-likeness (QED) is 0.127. The number of likely N-dealkylation sites (tertiary alicyclic amines) is 1. The van der Waals surface area contributed by atoms with E-state index in [0.29, 0.717) is 24.8 Å². The fourth-order valence-corrected chi connectivity index (χ4v) is 8.73. The van der Waals surface area contributed by atoms with Gasteiger partial charge in [-0.2, -0.15) is 0 Å². The first kappa shape index (κ1) is 37.8. The number of rotatable bonds is 18. The molecule has 3 amide bonds. The molecule has 1 aromatic carbocycles. The van der Waals surface area contributed by atoms with Gasteiger partial charge in [-0.05, 0) is 37.7 Å². The second-order valence-electron chi connectivity index (χ2n) is 13.4. The van der Waals surface area contributed by atoms with Crippen molar-refractivity contribution in [3.8, 4) is 0 Å². The Morgan fingerprint density at radius 2 is 1.92 bits per heavy atom. The van der Waals surface area contributed by atoms with Gasteiger partial charge in [0.25, 0.3) is 0 Å². The Labute approximate surface area is 293 Å². The zero-order chi connectivity index (χ0) is 35.2. The topological polar surface area (TPSA) is 125 Å². The van der Waals surface area contributed by atoms with Crippen LogP contribution in [0.15, 0.2) is 55.6 Å². The third-order valence-corrected chi connectivity index (χ3v) is 11.3. The molecule has 0 radical (unpaired) electrons. The molecule has 10 atom stereocenters. The summed E-state index contributed by atoms with van der Waals surface area (Å²) in [5, 5.41) is 13.5. The summed E-state index contributed by atoms with van der Waals surface area (Å²) in [7, 11) is 0. The molecule has 264 valence electrons. The maximum absolute atomic E-state index is 14.8. The number of halogens is 1. The lowest BCUT2D eigenvalue weighted by molar-refractivity contribution is -0.161. The molecule has 10 nitrogen and oxygen atoms in total. The van der Waals surface area contributed by atoms with Crippen molar-refractivity contribution < 1.29 is 33.8 Å². The number of amides is 3. The van der Waals surface area contributed by atoms with E-state index in [1.54, 1.807) is 17.1 Å². The fraction of sp³-hybridized carbons (Fsp3) is 0.622. The molecule has 0 saturated carbocycles. The Bertz CT molecular complexity index is 1330. The highest BCUT2D eigenvalue weighted by atomic mass is 79.9. The average Bonchev–Trinajstić information content (AvgIpc) is 3.68. The molecule has 1 aromatic rings. The van der Waals surface area contributed by atoms with Gasteiger partial charge in [-0.15, -0.1) is 13.2 Å². The van der Waals surface area contributed by atoms with Gasteiger partial charge < -0.3 is 29.7 Å². The van der Waals surface area contributed by atoms with E-state index >= 15 is 0 Å². The number of benzene rings is 1. The van der Waals surface area contributed by atoms with Gasteiger partial charge in [-0.3, -0.25) is 19.2 Å². The number of nitrogens with one attached hydrogen (secondary N) is 1. The zero-order valence-electron chi connectivity index (χ0n) is 28.7. The Morgan fingerprint density at radius 3 is 2.52 bits per heavy atom. The molecular formula is C37H52BrN3O7. The van der Waals surface area contributed by atoms with Crippen LogP contribution in [0.1, 0.15) is 77.9 Å². The van der Waals surface area contributed by atoms with Crippen molar-refractivity contribution in [2.75, 3.05) is 19.7 Å². The lowest BCUT2D eigenvalue weighted by atomic mass is 9.70. The third-order valence-electron chi connectivity index (χ3n) is 10.4. The van der Waals surface area contributed by atoms with Crippen LogP contribution in [0.3, 0.4) is 0 Å². The predicted molar refractivity (Wildman–Crippen MR) is 187 cm³/mol. The van der Waals surface area contributed by atoms with Crippen LogP contribution >= 0.6 is 15.9 Å². The van der Waals surface area contributed by atoms with Crippen molar-refractivity contribution in [2.24, 2.45) is 17.8 Å². The smallest absolute Gasteiger partial charge is 0.313 e. The molecule has 1 spiro atoms. The minimum Gasteiger partial charge on any atom is -0.455 e. The minimum atomic E-state index is -1.30. The number of esters is 1. The molecule has 0 aliphatic carbocycles. The maximum atomic E-state index is 14.8. The summed E-state index contributed by atoms with van der Waals surface area (Å²) in [4.78, 5) is 59.3. The van der Waals surface area contributed by atoms with Crippen molar-refractivity contribution >= 4 is 39.6 Å². The molecule has 2 bridgehead atoms. The van der Waals surface area contributed by atoms with Crippen molar-refractivity contribution in [2.45, 2.75) is 107 Å². The summed E-state index contributed by atoms with van der Waals surface area (Å²) in [6.45, 7) is 15.5. The normalized spacial score (nSPS) is 28.2. The second kappa shape index (κ2) is 16.6. The largest absolute Gasteiger partial charge is 0.455 e. The number of hydrogen-bond donors (Lipinski definition) is 2. The number of carbonyl (C=O) groups is 4. The predicted octanol–water partition coefficient (Wildman–Crippen LogP) is 4.71. The summed E-state index contributed by atoms with van der Waals surface area (Å²) in [5.74, 6) is -3.59. The standard InChI is InChI=1S/C37H52BrN3O7/c1-7-11-18-29(43)39-21-28(25-16-13-12-14-17-25)47-36(46)30-31-34(44)41(27(22-42)23(5)10-4)33(37(31)20-26(38)32(30)48-37)35(45)40(19-9-3)24(6)15-8-2/h7,9,12-14,16-17,23-24,26-28,30-33,42H,1,3,8,10-11,15,18-22H2,2,4-6H3,(H,39,43)/t23-,24?,26?,27-,28+,30-,31+,32-,33-,37+/m0/s1. The number of fused-ring (bicyclic) bond motifs is 1. The van der Waals surface area contributed by atoms with Crippen LogP contribution in [0.2, 0.25) is 0 Å². The van der Waals surface area contributed by atoms with Gasteiger partial charge in [-0.25, -0.2) is 0 Å². The molecule has 2 unspecified atom stereocenters. The van der Waals surface area contributed by atoms with Crippen molar-refractivity contribution in [3.63, 3.8) is 0 Å². The molecule has 3 heterocycles. The zero-order valence-corrected chi connectivity index (χ0v) is 30.3. The van der Waals surface area contributed by atoms with Gasteiger partial charge in [0.2, 0.25) is 17.7 Å². The van der Waals surface area contributed by atoms with Gasteiger partial charge in [0.05, 0.1) is 37.1 Å². The molecule has 0 aromatic heterocycles. The second-order valence-corrected chi connectivity index (χ2v) is 14.6. The van der Waals surface area contributed by atoms with Crippen LogP contribution in [0, 0.1) is 17.8 Å². The van der Waals surface area contributed by atoms with Crippen LogP contribution in [-0.2, 0) is 28.7 Å². The molecule has 4 rings (SSSR count). The highest BCUT2D eigenvalue weighted by Crippen LogP contribution is 2.61. The van der Waals surface area contributed by atoms with Crippen LogP contribution in [0.5, 0.6) is 0 Å². The van der Waals surface area contributed by atoms with Crippen LogP contribution in [0.4, 0.5) is 0 Å². The Morgan fingerprint density at radius 1 is 1.21 bits per heavy atom. The first-order valence-corrected chi connectivity index (χ1v) is 18.2. The summed E-state index contributed by atoms with van der Waals surface area (Å²) < 4.78 is 12.9. The molecule has 3 saturated heterocycles. The van der Waals surface area contributed by atoms with E-state index < -0.39 is 47.7 Å². The molecule has 48 heavy (non-hydrogen) atoms. The van der Waals surface area contributed by atoms with E-state index in [2.05, 4.69) is 41.3 Å². The summed E-state index contributed by atoms with van der Waals surface area (Å²) in [6, 6.07) is 7.32. The molecule has 3 aliphatic heterocycles. The van der Waals surface area contributed by atoms with E-state index in [0.717, 1.165) is 12.8 Å². The third kappa shape index (κ3) is 7.28. The SMILES string of the molecule is C=CCCC(=O)NC[C@@H](OC(=O)[C@@H]1[C@H]2O[C@@]3(CC2Br)[C@H](C(=O)N(CC=C)C(C)CCC)N([C@@H](CO)[C@@H](C)CC)C(=O)[C@@H]13)c1ccccc1. The molecule has 2 N–H and O–H groups in total. The summed E-state index contributed by atoms with van der Waals surface area (Å²) in [6.07, 6.45) is 5.23. The first-order valence-electron chi connectivity index (χ1n) is 17.3. The molecule has 11 heteroatoms. The van der Waals surface area contributed by atoms with Gasteiger partial charge in [-0.1, -0.05) is 92.0 Å². The lowest BCUT2D eigenvalue weighted by Crippen LogP contribution is -2.61. The van der Waals surface area contributed by atoms with Gasteiger partial charge in [0, 0.05) is 23.8 Å². The Kier molecular flexibility index (Phi) is 13.1. The number of aliphatic hydroxyl groups excluding tert-OH is 1. The van der Waals surface area contributed by atoms with Gasteiger partial charge >= 0.3 is 5.97 Å². The number of hydrogen-bond acceptors (Lipinski definition) is 7. The fourth-order valence-electron chi connectivity index (χ4n) is 7.79. The van der Waals surface area contributed by atoms with E-state index in [1.165, 1.54) is 4.90 Å². The number of ether oxygens (including phenoxy) is 2. The van der Waals surface area contributed by atoms with Crippen LogP contribution in [-0.4, -0.2) is 93.0 Å². The number of carbonyl (C=O) groups excluding carboxylic acids is 4. The minimum absolute atomic E-state index is 0.0468. The maximum Gasteiger partial charge on any atom is 0.313 e. The first-order chi connectivity index (χ1) is 23.0. The van der Waals surface area contributed by atoms with E-state index in [4.69, 9.17) is 9.47 Å². The average molecular weight is 731 g/mol. The number of nitrogens with zero attached hydrogens (tertiary/aromatic N) is 2. The van der Waals surface area contributed by atoms with Crippen LogP contribution in [0.25, 0.3) is 0 Å². The molecule has 3 fully saturated rings. The van der Waals surface area contributed by atoms with Gasteiger partial charge in [0.1, 0.15) is 17.7 Å². The van der Waals surface area contributed by atoms with Crippen molar-refractivity contribution in [1.82, 2.24) is 15.1 Å². The van der Waals surface area contributed by atoms with E-state index in [-0.39, 0.29) is 60.6 Å². The Hall–Kier alpha value is -3.02. The number of allylic oxidation sites excluding steroid dienone is 1. The molecule has 3 aliphatic rings. The highest BCUT2D eigenvalue weighted by molar-refractivity contribution is 9.09. The van der Waals surface area contributed by atoms with Crippen molar-refractivity contribution in [1.29, 1.82) is 0 Å². The number of aliphatic hydroxyl groups is 1. The van der Waals surface area contributed by atoms with E-state index in [1.807, 2.05) is 51.1 Å². The number of alkyl halides is 1. The molecular weight excluding hydrogens is 678 g/mol. The Balaban J connectivity index is 1.74. The van der Waals surface area contributed by atoms with Crippen LogP contribution < -0.4 is 5.32 Å². The van der Waals surface area contributed by atoms with E-state index in [9.17, 15) is 24.3 Å². The van der Waals surface area contributed by atoms with Gasteiger partial charge in [0.15, 0.2) is 0 Å². The monoisotopic (exact) mass is 729 g/mol. The highest BCUT2D eigenvalue weighted by Gasteiger charge is 2.77. The summed E-state index contributed by atoms with van der Waals surface area (Å²) >= 11 is 3.74. The lowest BCUT2D eigenvalue weighted by Gasteiger charge is -2.42. The summed E-state index contributed by atoms with van der Waals surface area (Å²) in [5.41, 5.74) is -0.608. The van der Waals surface area contributed by atoms with Crippen molar-refractivity contribution in [3.05, 3.63) is 61.2 Å².